The third-order valence-corrected chi connectivity index (χ3v) is 5.40. The molecule has 4 rings (SSSR count). The topological polar surface area (TPSA) is 89.1 Å². The van der Waals surface area contributed by atoms with Gasteiger partial charge in [-0.1, -0.05) is 6.07 Å². The highest BCUT2D eigenvalue weighted by molar-refractivity contribution is 5.92. The predicted octanol–water partition coefficient (Wildman–Crippen LogP) is 2.51. The number of piperidine rings is 1. The third-order valence-electron chi connectivity index (χ3n) is 5.40. The third kappa shape index (κ3) is 4.71. The molecule has 0 radical (unpaired) electrons. The van der Waals surface area contributed by atoms with E-state index in [0.717, 1.165) is 49.8 Å². The Morgan fingerprint density at radius 2 is 2.03 bits per heavy atom. The lowest BCUT2D eigenvalue weighted by Crippen LogP contribution is -2.38. The van der Waals surface area contributed by atoms with E-state index in [-0.39, 0.29) is 5.91 Å². The Balaban J connectivity index is 1.25. The number of likely N-dealkylation sites (tertiary alicyclic amines) is 1. The molecule has 0 unspecified atom stereocenters. The molecule has 1 saturated heterocycles. The van der Waals surface area contributed by atoms with E-state index in [1.54, 1.807) is 23.1 Å². The van der Waals surface area contributed by atoms with Gasteiger partial charge in [-0.3, -0.25) is 9.69 Å². The maximum absolute atomic E-state index is 12.5. The fraction of sp³-hybridized carbons (Fsp3) is 0.429. The number of nitrogens with zero attached hydrogens (tertiary/aromatic N) is 5. The Morgan fingerprint density at radius 1 is 1.21 bits per heavy atom. The van der Waals surface area contributed by atoms with Crippen LogP contribution in [0.15, 0.2) is 41.1 Å². The summed E-state index contributed by atoms with van der Waals surface area (Å²) in [6.45, 7) is 7.29. The van der Waals surface area contributed by atoms with E-state index in [1.165, 1.54) is 0 Å². The molecular weight excluding hydrogens is 368 g/mol. The molecule has 8 nitrogen and oxygen atoms in total. The zero-order chi connectivity index (χ0) is 20.2. The molecule has 29 heavy (non-hydrogen) atoms. The van der Waals surface area contributed by atoms with Gasteiger partial charge in [-0.05, 0) is 63.9 Å². The fourth-order valence-electron chi connectivity index (χ4n) is 3.56. The van der Waals surface area contributed by atoms with Gasteiger partial charge in [0.05, 0.1) is 12.2 Å². The number of aryl methyl sites for hydroxylation is 2. The summed E-state index contributed by atoms with van der Waals surface area (Å²) in [4.78, 5) is 23.7. The molecule has 1 aliphatic heterocycles. The van der Waals surface area contributed by atoms with Crippen LogP contribution in [-0.2, 0) is 6.54 Å². The minimum atomic E-state index is -0.146. The molecular formula is C21H26N6O2. The van der Waals surface area contributed by atoms with Gasteiger partial charge < -0.3 is 9.73 Å². The number of oxazole rings is 1. The second-order valence-corrected chi connectivity index (χ2v) is 7.51. The number of hydrogen-bond donors (Lipinski definition) is 1. The zero-order valence-corrected chi connectivity index (χ0v) is 16.8. The maximum Gasteiger partial charge on any atom is 0.269 e. The van der Waals surface area contributed by atoms with Crippen LogP contribution in [0.4, 0.5) is 0 Å². The lowest BCUT2D eigenvalue weighted by Gasteiger charge is -2.31. The molecule has 1 aliphatic rings. The molecule has 0 aliphatic carbocycles. The van der Waals surface area contributed by atoms with Gasteiger partial charge in [0.2, 0.25) is 5.89 Å². The summed E-state index contributed by atoms with van der Waals surface area (Å²) in [7, 11) is 0. The highest BCUT2D eigenvalue weighted by Gasteiger charge is 2.21. The van der Waals surface area contributed by atoms with E-state index < -0.39 is 0 Å². The molecule has 1 fully saturated rings. The van der Waals surface area contributed by atoms with Crippen molar-refractivity contribution < 1.29 is 9.21 Å². The lowest BCUT2D eigenvalue weighted by molar-refractivity contribution is 0.0929. The molecule has 0 atom stereocenters. The second kappa shape index (κ2) is 8.57. The Labute approximate surface area is 170 Å². The molecule has 3 aromatic rings. The summed E-state index contributed by atoms with van der Waals surface area (Å²) in [5.74, 6) is 2.63. The van der Waals surface area contributed by atoms with E-state index >= 15 is 0 Å². The van der Waals surface area contributed by atoms with Crippen LogP contribution in [0.1, 0.15) is 40.7 Å². The summed E-state index contributed by atoms with van der Waals surface area (Å²) in [5.41, 5.74) is 1.37. The van der Waals surface area contributed by atoms with E-state index in [2.05, 4.69) is 25.3 Å². The molecule has 1 N–H and O–H groups in total. The van der Waals surface area contributed by atoms with Crippen molar-refractivity contribution in [2.45, 2.75) is 33.2 Å². The molecule has 4 heterocycles. The van der Waals surface area contributed by atoms with Crippen LogP contribution >= 0.6 is 0 Å². The zero-order valence-electron chi connectivity index (χ0n) is 16.8. The molecule has 1 amide bonds. The van der Waals surface area contributed by atoms with Crippen molar-refractivity contribution in [1.82, 2.24) is 30.0 Å². The van der Waals surface area contributed by atoms with Crippen LogP contribution in [0.25, 0.3) is 5.82 Å². The first-order valence-corrected chi connectivity index (χ1v) is 9.99. The highest BCUT2D eigenvalue weighted by atomic mass is 16.4. The number of aromatic nitrogens is 4. The van der Waals surface area contributed by atoms with Crippen molar-refractivity contribution in [3.63, 3.8) is 0 Å². The molecule has 0 bridgehead atoms. The summed E-state index contributed by atoms with van der Waals surface area (Å²) >= 11 is 0. The number of nitrogens with one attached hydrogen (secondary N) is 1. The lowest BCUT2D eigenvalue weighted by atomic mass is 9.97. The quantitative estimate of drug-likeness (QED) is 0.691. The number of hydrogen-bond acceptors (Lipinski definition) is 6. The van der Waals surface area contributed by atoms with Gasteiger partial charge in [0.25, 0.3) is 5.91 Å². The Kier molecular flexibility index (Phi) is 5.71. The van der Waals surface area contributed by atoms with Crippen LogP contribution in [0, 0.1) is 19.8 Å². The van der Waals surface area contributed by atoms with E-state index in [4.69, 9.17) is 4.42 Å². The van der Waals surface area contributed by atoms with Crippen molar-refractivity contribution in [1.29, 1.82) is 0 Å². The monoisotopic (exact) mass is 394 g/mol. The molecule has 3 aromatic heterocycles. The normalized spacial score (nSPS) is 15.5. The smallest absolute Gasteiger partial charge is 0.269 e. The maximum atomic E-state index is 12.5. The number of carbonyl (C=O) groups excluding carboxylic acids is 1. The van der Waals surface area contributed by atoms with Crippen LogP contribution in [0.5, 0.6) is 0 Å². The Morgan fingerprint density at radius 3 is 2.72 bits per heavy atom. The van der Waals surface area contributed by atoms with Gasteiger partial charge in [-0.25, -0.2) is 14.6 Å². The van der Waals surface area contributed by atoms with Crippen LogP contribution < -0.4 is 5.32 Å². The molecule has 0 spiro atoms. The highest BCUT2D eigenvalue weighted by Crippen LogP contribution is 2.19. The van der Waals surface area contributed by atoms with Crippen LogP contribution in [0.3, 0.4) is 0 Å². The Hall–Kier alpha value is -3.00. The Bertz CT molecular complexity index is 938. The summed E-state index contributed by atoms with van der Waals surface area (Å²) < 4.78 is 7.33. The standard InChI is InChI=1S/C21H26N6O2/c1-15-16(2)29-20(24-15)14-26-11-7-17(8-12-26)13-22-21(28)18-5-3-6-19(25-18)27-10-4-9-23-27/h3-6,9-10,17H,7-8,11-14H2,1-2H3,(H,22,28). The number of rotatable bonds is 6. The van der Waals surface area contributed by atoms with Crippen molar-refractivity contribution in [3.8, 4) is 5.82 Å². The van der Waals surface area contributed by atoms with E-state index in [1.807, 2.05) is 32.0 Å². The largest absolute Gasteiger partial charge is 0.444 e. The summed E-state index contributed by atoms with van der Waals surface area (Å²) in [6, 6.07) is 7.20. The fourth-order valence-corrected chi connectivity index (χ4v) is 3.56. The molecule has 0 aromatic carbocycles. The first kappa shape index (κ1) is 19.3. The molecule has 0 saturated carbocycles. The average Bonchev–Trinajstić information content (AvgIpc) is 3.38. The van der Waals surface area contributed by atoms with Gasteiger partial charge in [0, 0.05) is 18.9 Å². The van der Waals surface area contributed by atoms with Gasteiger partial charge in [-0.2, -0.15) is 5.10 Å². The minimum Gasteiger partial charge on any atom is -0.444 e. The van der Waals surface area contributed by atoms with Gasteiger partial charge >= 0.3 is 0 Å². The first-order valence-electron chi connectivity index (χ1n) is 9.99. The van der Waals surface area contributed by atoms with Crippen molar-refractivity contribution in [2.24, 2.45) is 5.92 Å². The SMILES string of the molecule is Cc1nc(CN2CCC(CNC(=O)c3cccc(-n4cccn4)n3)CC2)oc1C. The van der Waals surface area contributed by atoms with Crippen LogP contribution in [0.2, 0.25) is 0 Å². The average molecular weight is 394 g/mol. The molecule has 152 valence electrons. The summed E-state index contributed by atoms with van der Waals surface area (Å²) in [5, 5.41) is 7.19. The van der Waals surface area contributed by atoms with Gasteiger partial charge in [0.15, 0.2) is 5.82 Å². The number of amides is 1. The van der Waals surface area contributed by atoms with Gasteiger partial charge in [0.1, 0.15) is 11.5 Å². The van der Waals surface area contributed by atoms with E-state index in [9.17, 15) is 4.79 Å². The second-order valence-electron chi connectivity index (χ2n) is 7.51. The van der Waals surface area contributed by atoms with Crippen molar-refractivity contribution in [3.05, 3.63) is 59.7 Å². The first-order chi connectivity index (χ1) is 14.1. The number of pyridine rings is 1. The van der Waals surface area contributed by atoms with Crippen molar-refractivity contribution >= 4 is 5.91 Å². The minimum absolute atomic E-state index is 0.146. The van der Waals surface area contributed by atoms with Crippen molar-refractivity contribution in [2.75, 3.05) is 19.6 Å². The van der Waals surface area contributed by atoms with Gasteiger partial charge in [-0.15, -0.1) is 0 Å². The van der Waals surface area contributed by atoms with E-state index in [0.29, 0.717) is 24.0 Å². The molecule has 8 heteroatoms. The number of carbonyl (C=O) groups is 1. The van der Waals surface area contributed by atoms with Crippen LogP contribution in [-0.4, -0.2) is 50.2 Å². The predicted molar refractivity (Wildman–Crippen MR) is 108 cm³/mol. The summed E-state index contributed by atoms with van der Waals surface area (Å²) in [6.07, 6.45) is 5.57.